The molecule has 0 aliphatic rings. The van der Waals surface area contributed by atoms with Crippen LogP contribution in [0.4, 0.5) is 0 Å². The van der Waals surface area contributed by atoms with Crippen LogP contribution in [0.1, 0.15) is 20.6 Å². The van der Waals surface area contributed by atoms with E-state index in [2.05, 4.69) is 0 Å². The van der Waals surface area contributed by atoms with Crippen LogP contribution in [0.5, 0.6) is 0 Å². The molecule has 0 radical (unpaired) electrons. The van der Waals surface area contributed by atoms with Crippen LogP contribution in [0.3, 0.4) is 0 Å². The Kier molecular flexibility index (Phi) is 3.39. The van der Waals surface area contributed by atoms with E-state index in [9.17, 15) is 8.22 Å². The molecule has 210 valence electrons. The van der Waals surface area contributed by atoms with Crippen molar-refractivity contribution in [1.82, 2.24) is 0 Å². The summed E-state index contributed by atoms with van der Waals surface area (Å²) in [5.74, 6) is 0. The second kappa shape index (κ2) is 10.4. The molecular formula is C44H28O. The highest BCUT2D eigenvalue weighted by molar-refractivity contribution is 6.22. The zero-order valence-corrected chi connectivity index (χ0v) is 23.4. The summed E-state index contributed by atoms with van der Waals surface area (Å²) in [5, 5.41) is -1.42. The minimum absolute atomic E-state index is 0.0471. The van der Waals surface area contributed by atoms with E-state index >= 15 is 0 Å². The minimum Gasteiger partial charge on any atom is -0.456 e. The third kappa shape index (κ3) is 4.24. The van der Waals surface area contributed by atoms with Crippen LogP contribution in [0.15, 0.2) is 174 Å². The smallest absolute Gasteiger partial charge is 0.135 e. The number of fused-ring (bicyclic) bond motifs is 5. The highest BCUT2D eigenvalue weighted by Crippen LogP contribution is 2.46. The maximum absolute atomic E-state index is 9.66. The van der Waals surface area contributed by atoms with Crippen molar-refractivity contribution in [3.05, 3.63) is 169 Å². The number of hydrogen-bond acceptors (Lipinski definition) is 1. The molecule has 45 heavy (non-hydrogen) atoms. The Bertz CT molecular complexity index is 3220. The van der Waals surface area contributed by atoms with Crippen LogP contribution < -0.4 is 0 Å². The topological polar surface area (TPSA) is 13.1 Å². The highest BCUT2D eigenvalue weighted by atomic mass is 16.3. The van der Waals surface area contributed by atoms with E-state index in [1.54, 1.807) is 12.1 Å². The summed E-state index contributed by atoms with van der Waals surface area (Å²) < 4.78 is 141. The second-order valence-electron chi connectivity index (χ2n) is 10.5. The molecule has 1 heterocycles. The molecular weight excluding hydrogens is 544 g/mol. The van der Waals surface area contributed by atoms with Crippen LogP contribution in [-0.2, 0) is 0 Å². The molecule has 0 saturated carbocycles. The van der Waals surface area contributed by atoms with Crippen molar-refractivity contribution in [2.75, 3.05) is 0 Å². The summed E-state index contributed by atoms with van der Waals surface area (Å²) in [4.78, 5) is 0. The summed E-state index contributed by atoms with van der Waals surface area (Å²) in [6, 6.07) is 14.8. The molecule has 0 amide bonds. The molecule has 0 spiro atoms. The zero-order valence-electron chi connectivity index (χ0n) is 38.4. The van der Waals surface area contributed by atoms with E-state index in [-0.39, 0.29) is 49.0 Å². The fourth-order valence-corrected chi connectivity index (χ4v) is 5.96. The van der Waals surface area contributed by atoms with Crippen LogP contribution in [0.2, 0.25) is 0 Å². The zero-order chi connectivity index (χ0) is 42.8. The maximum Gasteiger partial charge on any atom is 0.135 e. The maximum atomic E-state index is 9.66. The summed E-state index contributed by atoms with van der Waals surface area (Å²) in [7, 11) is 0. The van der Waals surface area contributed by atoms with Gasteiger partial charge in [-0.25, -0.2) is 0 Å². The van der Waals surface area contributed by atoms with E-state index < -0.39 is 102 Å². The summed E-state index contributed by atoms with van der Waals surface area (Å²) in [6.45, 7) is 0. The van der Waals surface area contributed by atoms with Crippen molar-refractivity contribution in [2.45, 2.75) is 0 Å². The first-order valence-corrected chi connectivity index (χ1v) is 14.2. The van der Waals surface area contributed by atoms with E-state index in [1.165, 1.54) is 0 Å². The summed E-state index contributed by atoms with van der Waals surface area (Å²) in [5.41, 5.74) is 1.82. The lowest BCUT2D eigenvalue weighted by Crippen LogP contribution is -1.92. The molecule has 0 aliphatic heterocycles. The van der Waals surface area contributed by atoms with Crippen molar-refractivity contribution in [2.24, 2.45) is 0 Å². The largest absolute Gasteiger partial charge is 0.456 e. The molecule has 9 rings (SSSR count). The van der Waals surface area contributed by atoms with Gasteiger partial charge in [0.1, 0.15) is 11.2 Å². The van der Waals surface area contributed by atoms with Crippen LogP contribution in [-0.4, -0.2) is 0 Å². The van der Waals surface area contributed by atoms with Gasteiger partial charge in [0.25, 0.3) is 0 Å². The molecule has 1 nitrogen and oxygen atoms in total. The number of para-hydroxylation sites is 1. The Morgan fingerprint density at radius 2 is 0.800 bits per heavy atom. The fraction of sp³-hybridized carbons (Fsp3) is 0. The van der Waals surface area contributed by atoms with Crippen molar-refractivity contribution in [1.29, 1.82) is 0 Å². The molecule has 0 N–H and O–H groups in total. The quantitative estimate of drug-likeness (QED) is 0.187. The SMILES string of the molecule is [2H]c1c([2H])c([2H])c2c(oc3c([2H])c([2H])c(-c4c5c([2H])c([2H])c([2H])c([2H])c5c(-c5cc(-c6ccccc6)cc(-c6ccccc6)c5)c5c([2H])c([2H])c([2H])c([2H])c45)c([2H])c32)c1[2H]. The lowest BCUT2D eigenvalue weighted by molar-refractivity contribution is 0.669. The van der Waals surface area contributed by atoms with E-state index in [0.29, 0.717) is 16.7 Å². The summed E-state index contributed by atoms with van der Waals surface area (Å²) >= 11 is 0. The standard InChI is InChI=1S/C44H28O/c1-3-13-29(14-4-1)32-25-33(30-15-5-2-6-16-30)27-34(26-32)44-38-20-9-7-18-36(38)43(37-19-8-10-21-39(37)44)31-23-24-42-40(28-31)35-17-11-12-22-41(35)45-42/h1-28H/i7D,8D,9D,10D,11D,12D,17D,18D,19D,20D,21D,22D,23D,24D,28D. The molecule has 0 bridgehead atoms. The number of hydrogen-bond donors (Lipinski definition) is 0. The molecule has 9 aromatic rings. The Balaban J connectivity index is 1.57. The van der Waals surface area contributed by atoms with Gasteiger partial charge >= 0.3 is 0 Å². The molecule has 8 aromatic carbocycles. The van der Waals surface area contributed by atoms with Crippen molar-refractivity contribution in [3.8, 4) is 44.5 Å². The molecule has 1 heteroatoms. The van der Waals surface area contributed by atoms with Crippen molar-refractivity contribution in [3.63, 3.8) is 0 Å². The number of furan rings is 1. The molecule has 0 atom stereocenters. The van der Waals surface area contributed by atoms with Crippen LogP contribution >= 0.6 is 0 Å². The lowest BCUT2D eigenvalue weighted by atomic mass is 9.84. The first-order chi connectivity index (χ1) is 28.6. The second-order valence-corrected chi connectivity index (χ2v) is 10.5. The van der Waals surface area contributed by atoms with Gasteiger partial charge in [-0.15, -0.1) is 0 Å². The van der Waals surface area contributed by atoms with Gasteiger partial charge in [-0.2, -0.15) is 0 Å². The number of benzene rings is 8. The van der Waals surface area contributed by atoms with Crippen molar-refractivity contribution >= 4 is 43.5 Å². The van der Waals surface area contributed by atoms with Gasteiger partial charge in [0.2, 0.25) is 0 Å². The van der Waals surface area contributed by atoms with Crippen LogP contribution in [0, 0.1) is 0 Å². The normalized spacial score (nSPS) is 16.2. The fourth-order valence-electron chi connectivity index (χ4n) is 5.96. The number of rotatable bonds is 4. The Hall–Kier alpha value is -5.92. The molecule has 0 fully saturated rings. The molecule has 0 saturated heterocycles. The van der Waals surface area contributed by atoms with Gasteiger partial charge < -0.3 is 4.42 Å². The predicted molar refractivity (Wildman–Crippen MR) is 190 cm³/mol. The highest BCUT2D eigenvalue weighted by Gasteiger charge is 2.19. The van der Waals surface area contributed by atoms with Gasteiger partial charge in [0.05, 0.1) is 20.6 Å². The molecule has 0 unspecified atom stereocenters. The predicted octanol–water partition coefficient (Wildman–Crippen LogP) is 12.6. The third-order valence-electron chi connectivity index (χ3n) is 7.95. The van der Waals surface area contributed by atoms with E-state index in [0.717, 1.165) is 11.1 Å². The third-order valence-corrected chi connectivity index (χ3v) is 7.95. The van der Waals surface area contributed by atoms with Gasteiger partial charge in [-0.1, -0.05) is 133 Å². The average molecular weight is 588 g/mol. The van der Waals surface area contributed by atoms with Gasteiger partial charge in [-0.05, 0) is 102 Å². The monoisotopic (exact) mass is 587 g/mol. The molecule has 0 aliphatic carbocycles. The Morgan fingerprint density at radius 3 is 1.36 bits per heavy atom. The van der Waals surface area contributed by atoms with E-state index in [4.69, 9.17) is 16.8 Å². The van der Waals surface area contributed by atoms with Crippen molar-refractivity contribution < 1.29 is 25.0 Å². The van der Waals surface area contributed by atoms with Gasteiger partial charge in [0, 0.05) is 10.8 Å². The first kappa shape index (κ1) is 14.7. The minimum atomic E-state index is -0.700. The first-order valence-electron chi connectivity index (χ1n) is 21.7. The molecule has 1 aromatic heterocycles. The average Bonchev–Trinajstić information content (AvgIpc) is 3.68. The summed E-state index contributed by atoms with van der Waals surface area (Å²) in [6.07, 6.45) is 0. The Labute approximate surface area is 282 Å². The van der Waals surface area contributed by atoms with Gasteiger partial charge in [-0.3, -0.25) is 0 Å². The Morgan fingerprint density at radius 1 is 0.356 bits per heavy atom. The lowest BCUT2D eigenvalue weighted by Gasteiger charge is -2.19. The van der Waals surface area contributed by atoms with Gasteiger partial charge in [0.15, 0.2) is 0 Å². The van der Waals surface area contributed by atoms with Crippen LogP contribution in [0.25, 0.3) is 88.0 Å². The van der Waals surface area contributed by atoms with E-state index in [1.807, 2.05) is 66.7 Å².